The zero-order valence-corrected chi connectivity index (χ0v) is 19.9. The largest absolute Gasteiger partial charge is 0.474 e. The Balaban J connectivity index is 1.17. The molecule has 9 heteroatoms. The minimum Gasteiger partial charge on any atom is -0.474 e. The average molecular weight is 466 g/mol. The van der Waals surface area contributed by atoms with Gasteiger partial charge in [-0.1, -0.05) is 24.3 Å². The SMILES string of the molecule is CCN1CCN(Cc2cnc(Nc3ncc(-c4cccc(OC5CCCC5)n4)s3)nc2)CC1. The van der Waals surface area contributed by atoms with Crippen molar-refractivity contribution in [1.82, 2.24) is 29.7 Å². The summed E-state index contributed by atoms with van der Waals surface area (Å²) in [6.45, 7) is 8.70. The summed E-state index contributed by atoms with van der Waals surface area (Å²) in [6, 6.07) is 5.91. The molecule has 0 radical (unpaired) electrons. The molecule has 0 unspecified atom stereocenters. The number of rotatable bonds is 8. The summed E-state index contributed by atoms with van der Waals surface area (Å²) in [5.74, 6) is 1.25. The summed E-state index contributed by atoms with van der Waals surface area (Å²) < 4.78 is 6.05. The van der Waals surface area contributed by atoms with E-state index in [1.807, 2.05) is 36.8 Å². The van der Waals surface area contributed by atoms with Crippen molar-refractivity contribution >= 4 is 22.4 Å². The highest BCUT2D eigenvalue weighted by Crippen LogP contribution is 2.31. The third-order valence-electron chi connectivity index (χ3n) is 6.31. The van der Waals surface area contributed by atoms with Gasteiger partial charge in [0.15, 0.2) is 5.13 Å². The molecule has 1 saturated carbocycles. The lowest BCUT2D eigenvalue weighted by Crippen LogP contribution is -2.45. The van der Waals surface area contributed by atoms with Crippen LogP contribution < -0.4 is 10.1 Å². The second-order valence-corrected chi connectivity index (χ2v) is 9.70. The zero-order valence-electron chi connectivity index (χ0n) is 19.1. The van der Waals surface area contributed by atoms with Crippen LogP contribution in [0, 0.1) is 0 Å². The Hall–Kier alpha value is -2.62. The first kappa shape index (κ1) is 22.2. The van der Waals surface area contributed by atoms with Crippen LogP contribution >= 0.6 is 11.3 Å². The van der Waals surface area contributed by atoms with Crippen molar-refractivity contribution < 1.29 is 4.74 Å². The number of nitrogens with zero attached hydrogens (tertiary/aromatic N) is 6. The van der Waals surface area contributed by atoms with Crippen LogP contribution in [0.3, 0.4) is 0 Å². The molecule has 2 fully saturated rings. The molecule has 4 heterocycles. The molecule has 3 aromatic rings. The monoisotopic (exact) mass is 465 g/mol. The molecule has 0 bridgehead atoms. The van der Waals surface area contributed by atoms with E-state index in [0.717, 1.165) is 73.4 Å². The number of ether oxygens (including phenoxy) is 1. The van der Waals surface area contributed by atoms with Gasteiger partial charge in [0.2, 0.25) is 11.8 Å². The quantitative estimate of drug-likeness (QED) is 0.530. The van der Waals surface area contributed by atoms with Crippen molar-refractivity contribution in [1.29, 1.82) is 0 Å². The van der Waals surface area contributed by atoms with Crippen LogP contribution in [0.5, 0.6) is 5.88 Å². The lowest BCUT2D eigenvalue weighted by molar-refractivity contribution is 0.132. The topological polar surface area (TPSA) is 79.3 Å². The second-order valence-electron chi connectivity index (χ2n) is 8.67. The fourth-order valence-electron chi connectivity index (χ4n) is 4.36. The molecular formula is C24H31N7OS. The molecule has 174 valence electrons. The highest BCUT2D eigenvalue weighted by Gasteiger charge is 2.18. The number of hydrogen-bond acceptors (Lipinski definition) is 9. The van der Waals surface area contributed by atoms with Crippen LogP contribution in [0.1, 0.15) is 38.2 Å². The summed E-state index contributed by atoms with van der Waals surface area (Å²) in [4.78, 5) is 24.1. The number of anilines is 2. The molecular weight excluding hydrogens is 434 g/mol. The highest BCUT2D eigenvalue weighted by atomic mass is 32.1. The Bertz CT molecular complexity index is 1030. The Morgan fingerprint density at radius 2 is 1.76 bits per heavy atom. The lowest BCUT2D eigenvalue weighted by Gasteiger charge is -2.33. The van der Waals surface area contributed by atoms with Crippen molar-refractivity contribution in [3.05, 3.63) is 42.4 Å². The zero-order chi connectivity index (χ0) is 22.5. The molecule has 8 nitrogen and oxygen atoms in total. The maximum Gasteiger partial charge on any atom is 0.228 e. The number of pyridine rings is 1. The van der Waals surface area contributed by atoms with Gasteiger partial charge < -0.3 is 15.0 Å². The van der Waals surface area contributed by atoms with E-state index in [4.69, 9.17) is 4.74 Å². The second kappa shape index (κ2) is 10.5. The van der Waals surface area contributed by atoms with Gasteiger partial charge >= 0.3 is 0 Å². The number of piperazine rings is 1. The number of aromatic nitrogens is 4. The molecule has 1 aliphatic heterocycles. The molecule has 1 saturated heterocycles. The number of hydrogen-bond donors (Lipinski definition) is 1. The van der Waals surface area contributed by atoms with E-state index in [1.165, 1.54) is 24.2 Å². The summed E-state index contributed by atoms with van der Waals surface area (Å²) >= 11 is 1.53. The van der Waals surface area contributed by atoms with Crippen LogP contribution in [0.4, 0.5) is 11.1 Å². The fourth-order valence-corrected chi connectivity index (χ4v) is 5.14. The van der Waals surface area contributed by atoms with E-state index in [0.29, 0.717) is 17.9 Å². The van der Waals surface area contributed by atoms with Crippen molar-refractivity contribution in [2.75, 3.05) is 38.0 Å². The predicted octanol–water partition coefficient (Wildman–Crippen LogP) is 4.20. The smallest absolute Gasteiger partial charge is 0.228 e. The van der Waals surface area contributed by atoms with Crippen molar-refractivity contribution in [3.8, 4) is 16.5 Å². The van der Waals surface area contributed by atoms with Crippen LogP contribution in [-0.4, -0.2) is 68.6 Å². The third-order valence-corrected chi connectivity index (χ3v) is 7.25. The Kier molecular flexibility index (Phi) is 7.09. The van der Waals surface area contributed by atoms with Crippen molar-refractivity contribution in [3.63, 3.8) is 0 Å². The van der Waals surface area contributed by atoms with Gasteiger partial charge in [0.05, 0.1) is 10.6 Å². The number of likely N-dealkylation sites (N-methyl/N-ethyl adjacent to an activating group) is 1. The summed E-state index contributed by atoms with van der Waals surface area (Å²) in [5.41, 5.74) is 2.00. The third kappa shape index (κ3) is 5.85. The van der Waals surface area contributed by atoms with Crippen LogP contribution in [0.2, 0.25) is 0 Å². The van der Waals surface area contributed by atoms with E-state index >= 15 is 0 Å². The highest BCUT2D eigenvalue weighted by molar-refractivity contribution is 7.18. The molecule has 1 aliphatic carbocycles. The Labute approximate surface area is 199 Å². The maximum atomic E-state index is 6.05. The molecule has 3 aromatic heterocycles. The molecule has 0 aromatic carbocycles. The Morgan fingerprint density at radius 3 is 2.52 bits per heavy atom. The predicted molar refractivity (Wildman–Crippen MR) is 131 cm³/mol. The molecule has 0 spiro atoms. The van der Waals surface area contributed by atoms with Crippen LogP contribution in [-0.2, 0) is 6.54 Å². The number of nitrogens with one attached hydrogen (secondary N) is 1. The summed E-state index contributed by atoms with van der Waals surface area (Å²) in [5, 5.41) is 3.97. The van der Waals surface area contributed by atoms with E-state index in [9.17, 15) is 0 Å². The van der Waals surface area contributed by atoms with Crippen molar-refractivity contribution in [2.45, 2.75) is 45.3 Å². The van der Waals surface area contributed by atoms with Gasteiger partial charge in [0.25, 0.3) is 0 Å². The lowest BCUT2D eigenvalue weighted by atomic mass is 10.2. The molecule has 0 amide bonds. The standard InChI is InChI=1S/C24H31N7OS/c1-2-30-10-12-31(13-11-30)17-18-14-25-23(26-15-18)29-24-27-16-21(33-24)20-8-5-9-22(28-20)32-19-6-3-4-7-19/h5,8-9,14-16,19H,2-4,6-7,10-13,17H2,1H3,(H,25,26,27,29). The normalized spacial score (nSPS) is 18.0. The van der Waals surface area contributed by atoms with Gasteiger partial charge in [-0.15, -0.1) is 0 Å². The summed E-state index contributed by atoms with van der Waals surface area (Å²) in [7, 11) is 0. The Morgan fingerprint density at radius 1 is 1.00 bits per heavy atom. The van der Waals surface area contributed by atoms with Gasteiger partial charge in [0, 0.05) is 62.9 Å². The van der Waals surface area contributed by atoms with E-state index in [-0.39, 0.29) is 0 Å². The average Bonchev–Trinajstić information content (AvgIpc) is 3.53. The first-order chi connectivity index (χ1) is 16.2. The van der Waals surface area contributed by atoms with Gasteiger partial charge in [-0.2, -0.15) is 0 Å². The van der Waals surface area contributed by atoms with Gasteiger partial charge in [0.1, 0.15) is 6.10 Å². The first-order valence-corrected chi connectivity index (χ1v) is 12.7. The van der Waals surface area contributed by atoms with E-state index < -0.39 is 0 Å². The number of thiazole rings is 1. The maximum absolute atomic E-state index is 6.05. The molecule has 0 atom stereocenters. The fraction of sp³-hybridized carbons (Fsp3) is 0.500. The van der Waals surface area contributed by atoms with Crippen LogP contribution in [0.15, 0.2) is 36.8 Å². The van der Waals surface area contributed by atoms with Gasteiger partial charge in [-0.3, -0.25) is 4.90 Å². The molecule has 1 N–H and O–H groups in total. The molecule has 33 heavy (non-hydrogen) atoms. The molecule has 5 rings (SSSR count). The van der Waals surface area contributed by atoms with Gasteiger partial charge in [-0.05, 0) is 38.3 Å². The van der Waals surface area contributed by atoms with Crippen molar-refractivity contribution in [2.24, 2.45) is 0 Å². The minimum absolute atomic E-state index is 0.299. The van der Waals surface area contributed by atoms with E-state index in [2.05, 4.69) is 42.0 Å². The minimum atomic E-state index is 0.299. The van der Waals surface area contributed by atoms with E-state index in [1.54, 1.807) is 0 Å². The summed E-state index contributed by atoms with van der Waals surface area (Å²) in [6.07, 6.45) is 10.7. The van der Waals surface area contributed by atoms with Gasteiger partial charge in [-0.25, -0.2) is 19.9 Å². The molecule has 2 aliphatic rings. The first-order valence-electron chi connectivity index (χ1n) is 11.9. The van der Waals surface area contributed by atoms with Crippen LogP contribution in [0.25, 0.3) is 10.6 Å².